The number of anilines is 1. The Morgan fingerprint density at radius 2 is 1.88 bits per heavy atom. The molecular weight excluding hydrogens is 333 g/mol. The largest absolute Gasteiger partial charge is 0.392 e. The van der Waals surface area contributed by atoms with Gasteiger partial charge in [-0.1, -0.05) is 12.1 Å². The van der Waals surface area contributed by atoms with Gasteiger partial charge in [0, 0.05) is 51.4 Å². The van der Waals surface area contributed by atoms with E-state index in [0.29, 0.717) is 50.2 Å². The van der Waals surface area contributed by atoms with Gasteiger partial charge < -0.3 is 15.1 Å². The number of rotatable bonds is 3. The molecule has 3 aliphatic heterocycles. The third-order valence-corrected chi connectivity index (χ3v) is 6.46. The number of nitrogens with zero attached hydrogens (tertiary/aromatic N) is 3. The molecule has 4 rings (SSSR count). The Kier molecular flexibility index (Phi) is 4.94. The molecule has 0 radical (unpaired) electrons. The molecule has 0 aliphatic carbocycles. The Labute approximate surface area is 155 Å². The summed E-state index contributed by atoms with van der Waals surface area (Å²) in [5.74, 6) is -0.192. The molecule has 3 saturated heterocycles. The number of hydrogen-bond donors (Lipinski definition) is 2. The number of piperidine rings is 1. The van der Waals surface area contributed by atoms with E-state index < -0.39 is 5.60 Å². The van der Waals surface area contributed by atoms with E-state index in [-0.39, 0.29) is 11.9 Å². The number of aliphatic hydroxyl groups excluding tert-OH is 1. The topological polar surface area (TPSA) is 50.2 Å². The highest BCUT2D eigenvalue weighted by Crippen LogP contribution is 2.31. The molecule has 0 unspecified atom stereocenters. The number of halogens is 1. The Morgan fingerprint density at radius 1 is 1.15 bits per heavy atom. The summed E-state index contributed by atoms with van der Waals surface area (Å²) in [7, 11) is 0. The molecule has 5 nitrogen and oxygen atoms in total. The van der Waals surface area contributed by atoms with E-state index in [2.05, 4.69) is 16.7 Å². The van der Waals surface area contributed by atoms with Crippen LogP contribution in [0.15, 0.2) is 24.3 Å². The van der Waals surface area contributed by atoms with E-state index in [1.54, 1.807) is 6.07 Å². The van der Waals surface area contributed by atoms with Crippen molar-refractivity contribution in [2.75, 3.05) is 44.2 Å². The van der Waals surface area contributed by atoms with Gasteiger partial charge in [0.2, 0.25) is 0 Å². The van der Waals surface area contributed by atoms with E-state index in [1.165, 1.54) is 6.07 Å². The summed E-state index contributed by atoms with van der Waals surface area (Å²) < 4.78 is 14.0. The van der Waals surface area contributed by atoms with Crippen molar-refractivity contribution in [3.63, 3.8) is 0 Å². The van der Waals surface area contributed by atoms with Gasteiger partial charge in [-0.25, -0.2) is 4.39 Å². The molecule has 26 heavy (non-hydrogen) atoms. The molecule has 1 aromatic rings. The number of piperazine rings is 1. The minimum absolute atomic E-state index is 0.192. The summed E-state index contributed by atoms with van der Waals surface area (Å²) >= 11 is 0. The first kappa shape index (κ1) is 18.2. The number of β-amino-alcohol motifs (C(OH)–C–C–N with tert-alkyl or cyclic N) is 1. The smallest absolute Gasteiger partial charge is 0.146 e. The van der Waals surface area contributed by atoms with Gasteiger partial charge in [-0.05, 0) is 38.3 Å². The highest BCUT2D eigenvalue weighted by molar-refractivity contribution is 5.48. The van der Waals surface area contributed by atoms with Crippen LogP contribution in [0.4, 0.5) is 10.1 Å². The van der Waals surface area contributed by atoms with E-state index >= 15 is 0 Å². The molecule has 3 heterocycles. The molecular formula is C20H30FN3O2. The van der Waals surface area contributed by atoms with Crippen molar-refractivity contribution in [1.29, 1.82) is 0 Å². The molecule has 144 valence electrons. The van der Waals surface area contributed by atoms with Gasteiger partial charge in [0.05, 0.1) is 17.4 Å². The monoisotopic (exact) mass is 363 g/mol. The van der Waals surface area contributed by atoms with Gasteiger partial charge in [-0.15, -0.1) is 0 Å². The van der Waals surface area contributed by atoms with Gasteiger partial charge in [-0.3, -0.25) is 9.80 Å². The van der Waals surface area contributed by atoms with Crippen LogP contribution in [0.1, 0.15) is 26.2 Å². The van der Waals surface area contributed by atoms with Crippen molar-refractivity contribution in [3.05, 3.63) is 30.1 Å². The predicted molar refractivity (Wildman–Crippen MR) is 99.8 cm³/mol. The van der Waals surface area contributed by atoms with Gasteiger partial charge in [-0.2, -0.15) is 0 Å². The average molecular weight is 363 g/mol. The molecule has 1 aromatic carbocycles. The fourth-order valence-corrected chi connectivity index (χ4v) is 4.91. The maximum Gasteiger partial charge on any atom is 0.146 e. The summed E-state index contributed by atoms with van der Waals surface area (Å²) in [6, 6.07) is 7.66. The molecule has 0 amide bonds. The quantitative estimate of drug-likeness (QED) is 0.848. The van der Waals surface area contributed by atoms with Crippen molar-refractivity contribution in [2.45, 2.75) is 50.0 Å². The van der Waals surface area contributed by atoms with E-state index in [4.69, 9.17) is 0 Å². The SMILES string of the molecule is C[C@H]1CN2C[C@H](O)C[C@H]2CN1CC1(O)CCN(c2ccccc2F)CC1. The maximum absolute atomic E-state index is 14.0. The fraction of sp³-hybridized carbons (Fsp3) is 0.700. The molecule has 3 atom stereocenters. The Balaban J connectivity index is 1.36. The summed E-state index contributed by atoms with van der Waals surface area (Å²) in [5.41, 5.74) is -0.0773. The van der Waals surface area contributed by atoms with Crippen LogP contribution in [0.3, 0.4) is 0 Å². The number of aliphatic hydroxyl groups is 2. The lowest BCUT2D eigenvalue weighted by atomic mass is 9.89. The van der Waals surface area contributed by atoms with E-state index in [9.17, 15) is 14.6 Å². The highest BCUT2D eigenvalue weighted by atomic mass is 19.1. The summed E-state index contributed by atoms with van der Waals surface area (Å²) in [6.45, 7) is 6.88. The fourth-order valence-electron chi connectivity index (χ4n) is 4.91. The molecule has 3 fully saturated rings. The van der Waals surface area contributed by atoms with Crippen molar-refractivity contribution in [3.8, 4) is 0 Å². The minimum Gasteiger partial charge on any atom is -0.392 e. The number of para-hydroxylation sites is 1. The zero-order valence-electron chi connectivity index (χ0n) is 15.5. The van der Waals surface area contributed by atoms with Gasteiger partial charge in [0.15, 0.2) is 0 Å². The molecule has 0 aromatic heterocycles. The third-order valence-electron chi connectivity index (χ3n) is 6.46. The number of fused-ring (bicyclic) bond motifs is 1. The number of hydrogen-bond acceptors (Lipinski definition) is 5. The second-order valence-electron chi connectivity index (χ2n) is 8.44. The predicted octanol–water partition coefficient (Wildman–Crippen LogP) is 1.30. The minimum atomic E-state index is -0.713. The van der Waals surface area contributed by atoms with Crippen molar-refractivity contribution >= 4 is 5.69 Å². The zero-order chi connectivity index (χ0) is 18.3. The van der Waals surface area contributed by atoms with Crippen LogP contribution >= 0.6 is 0 Å². The Hall–Kier alpha value is -1.21. The lowest BCUT2D eigenvalue weighted by Crippen LogP contribution is -2.60. The van der Waals surface area contributed by atoms with Crippen molar-refractivity contribution < 1.29 is 14.6 Å². The summed E-state index contributed by atoms with van der Waals surface area (Å²) in [4.78, 5) is 6.81. The second-order valence-corrected chi connectivity index (χ2v) is 8.44. The van der Waals surface area contributed by atoms with Gasteiger partial charge in [0.1, 0.15) is 5.82 Å². The van der Waals surface area contributed by atoms with Crippen LogP contribution in [0.5, 0.6) is 0 Å². The Bertz CT molecular complexity index is 635. The normalized spacial score (nSPS) is 32.6. The standard InChI is InChI=1S/C20H30FN3O2/c1-15-11-23-13-17(25)10-16(23)12-24(15)14-20(26)6-8-22(9-7-20)19-5-3-2-4-18(19)21/h2-5,15-17,25-26H,6-14H2,1H3/t15-,16-,17+/m0/s1. The lowest BCUT2D eigenvalue weighted by molar-refractivity contribution is -0.0472. The van der Waals surface area contributed by atoms with Crippen LogP contribution < -0.4 is 4.90 Å². The molecule has 0 spiro atoms. The Morgan fingerprint density at radius 3 is 2.62 bits per heavy atom. The average Bonchev–Trinajstić information content (AvgIpc) is 2.95. The second kappa shape index (κ2) is 7.08. The van der Waals surface area contributed by atoms with Crippen LogP contribution in [0, 0.1) is 5.82 Å². The maximum atomic E-state index is 14.0. The van der Waals surface area contributed by atoms with Gasteiger partial charge >= 0.3 is 0 Å². The van der Waals surface area contributed by atoms with Crippen LogP contribution in [0.25, 0.3) is 0 Å². The van der Waals surface area contributed by atoms with Crippen LogP contribution in [0.2, 0.25) is 0 Å². The van der Waals surface area contributed by atoms with Gasteiger partial charge in [0.25, 0.3) is 0 Å². The first-order valence-corrected chi connectivity index (χ1v) is 9.81. The third kappa shape index (κ3) is 3.60. The number of benzene rings is 1. The first-order chi connectivity index (χ1) is 12.4. The summed E-state index contributed by atoms with van der Waals surface area (Å²) in [6.07, 6.45) is 1.94. The summed E-state index contributed by atoms with van der Waals surface area (Å²) in [5, 5.41) is 21.1. The van der Waals surface area contributed by atoms with Crippen LogP contribution in [-0.2, 0) is 0 Å². The van der Waals surface area contributed by atoms with Crippen molar-refractivity contribution in [1.82, 2.24) is 9.80 Å². The molecule has 0 saturated carbocycles. The van der Waals surface area contributed by atoms with Crippen LogP contribution in [-0.4, -0.2) is 83.1 Å². The van der Waals surface area contributed by atoms with E-state index in [0.717, 1.165) is 26.1 Å². The molecule has 0 bridgehead atoms. The first-order valence-electron chi connectivity index (χ1n) is 9.81. The molecule has 6 heteroatoms. The molecule has 3 aliphatic rings. The highest BCUT2D eigenvalue weighted by Gasteiger charge is 2.42. The lowest BCUT2D eigenvalue weighted by Gasteiger charge is -2.47. The molecule has 2 N–H and O–H groups in total. The van der Waals surface area contributed by atoms with Crippen molar-refractivity contribution in [2.24, 2.45) is 0 Å². The van der Waals surface area contributed by atoms with E-state index in [1.807, 2.05) is 17.0 Å². The zero-order valence-corrected chi connectivity index (χ0v) is 15.5.